The van der Waals surface area contributed by atoms with Gasteiger partial charge in [-0.1, -0.05) is 0 Å². The predicted octanol–water partition coefficient (Wildman–Crippen LogP) is 2.66. The largest absolute Gasteiger partial charge is 0.493 e. The van der Waals surface area contributed by atoms with Crippen molar-refractivity contribution in [2.24, 2.45) is 0 Å². The minimum absolute atomic E-state index is 0.297. The Labute approximate surface area is 165 Å². The summed E-state index contributed by atoms with van der Waals surface area (Å²) in [5.74, 6) is 2.70. The van der Waals surface area contributed by atoms with Gasteiger partial charge in [-0.2, -0.15) is 9.97 Å². The van der Waals surface area contributed by atoms with Crippen molar-refractivity contribution >= 4 is 34.6 Å². The van der Waals surface area contributed by atoms with Gasteiger partial charge in [0.05, 0.1) is 27.7 Å². The first-order valence-electron chi connectivity index (χ1n) is 8.54. The van der Waals surface area contributed by atoms with E-state index in [1.165, 1.54) is 0 Å². The van der Waals surface area contributed by atoms with Gasteiger partial charge in [-0.05, 0) is 6.07 Å². The fourth-order valence-electron chi connectivity index (χ4n) is 2.73. The smallest absolute Gasteiger partial charge is 0.233 e. The zero-order chi connectivity index (χ0) is 20.2. The first kappa shape index (κ1) is 18.2. The van der Waals surface area contributed by atoms with E-state index in [9.17, 15) is 0 Å². The number of hydrogen-bond donors (Lipinski definition) is 3. The maximum absolute atomic E-state index is 5.41. The van der Waals surface area contributed by atoms with Crippen LogP contribution >= 0.6 is 0 Å². The topological polar surface area (TPSA) is 132 Å². The monoisotopic (exact) mass is 394 g/mol. The average molecular weight is 394 g/mol. The molecule has 0 aliphatic carbocycles. The highest BCUT2D eigenvalue weighted by Gasteiger charge is 2.16. The van der Waals surface area contributed by atoms with E-state index in [-0.39, 0.29) is 0 Å². The molecule has 0 bridgehead atoms. The van der Waals surface area contributed by atoms with E-state index in [1.54, 1.807) is 58.2 Å². The molecule has 148 valence electrons. The van der Waals surface area contributed by atoms with Gasteiger partial charge in [-0.3, -0.25) is 5.32 Å². The molecule has 4 aromatic rings. The first-order valence-corrected chi connectivity index (χ1v) is 8.54. The van der Waals surface area contributed by atoms with Crippen LogP contribution < -0.4 is 24.8 Å². The average Bonchev–Trinajstić information content (AvgIpc) is 3.22. The van der Waals surface area contributed by atoms with Gasteiger partial charge in [0.15, 0.2) is 23.0 Å². The highest BCUT2D eigenvalue weighted by Crippen LogP contribution is 2.40. The molecule has 0 unspecified atom stereocenters. The Morgan fingerprint density at radius 2 is 1.55 bits per heavy atom. The van der Waals surface area contributed by atoms with Crippen LogP contribution in [0.2, 0.25) is 0 Å². The van der Waals surface area contributed by atoms with E-state index in [2.05, 4.69) is 40.5 Å². The summed E-state index contributed by atoms with van der Waals surface area (Å²) in [4.78, 5) is 24.4. The molecule has 1 aromatic carbocycles. The summed E-state index contributed by atoms with van der Waals surface area (Å²) in [6.07, 6.45) is 4.79. The normalized spacial score (nSPS) is 10.6. The Morgan fingerprint density at radius 3 is 2.21 bits per heavy atom. The number of hydrogen-bond acceptors (Lipinski definition) is 10. The molecular formula is C18H18N8O3. The Kier molecular flexibility index (Phi) is 4.93. The second kappa shape index (κ2) is 7.84. The Morgan fingerprint density at radius 1 is 0.828 bits per heavy atom. The zero-order valence-corrected chi connectivity index (χ0v) is 15.9. The van der Waals surface area contributed by atoms with Crippen LogP contribution in [0.5, 0.6) is 17.2 Å². The fraction of sp³-hybridized carbons (Fsp3) is 0.167. The molecule has 0 amide bonds. The molecule has 4 rings (SSSR count). The van der Waals surface area contributed by atoms with Gasteiger partial charge in [0, 0.05) is 30.2 Å². The molecule has 0 fully saturated rings. The van der Waals surface area contributed by atoms with E-state index < -0.39 is 0 Å². The van der Waals surface area contributed by atoms with Gasteiger partial charge < -0.3 is 24.5 Å². The lowest BCUT2D eigenvalue weighted by atomic mass is 10.2. The van der Waals surface area contributed by atoms with Gasteiger partial charge in [0.1, 0.15) is 5.52 Å². The second-order valence-electron chi connectivity index (χ2n) is 5.73. The number of nitrogens with one attached hydrogen (secondary N) is 3. The van der Waals surface area contributed by atoms with Crippen molar-refractivity contribution in [3.8, 4) is 17.2 Å². The highest BCUT2D eigenvalue weighted by atomic mass is 16.5. The summed E-state index contributed by atoms with van der Waals surface area (Å²) >= 11 is 0. The molecule has 3 heterocycles. The third-order valence-corrected chi connectivity index (χ3v) is 4.00. The van der Waals surface area contributed by atoms with Gasteiger partial charge in [0.25, 0.3) is 0 Å². The van der Waals surface area contributed by atoms with Crippen LogP contribution in [-0.2, 0) is 0 Å². The minimum atomic E-state index is 0.297. The second-order valence-corrected chi connectivity index (χ2v) is 5.73. The predicted molar refractivity (Wildman–Crippen MR) is 106 cm³/mol. The molecular weight excluding hydrogens is 376 g/mol. The zero-order valence-electron chi connectivity index (χ0n) is 15.9. The molecule has 0 atom stereocenters. The van der Waals surface area contributed by atoms with Crippen LogP contribution in [0.4, 0.5) is 23.4 Å². The molecule has 11 heteroatoms. The van der Waals surface area contributed by atoms with Crippen molar-refractivity contribution in [1.82, 2.24) is 29.9 Å². The Hall–Kier alpha value is -4.15. The summed E-state index contributed by atoms with van der Waals surface area (Å²) in [6.45, 7) is 0. The molecule has 11 nitrogen and oxygen atoms in total. The minimum Gasteiger partial charge on any atom is -0.493 e. The lowest BCUT2D eigenvalue weighted by Gasteiger charge is -2.15. The SMILES string of the molecule is COc1cc(Nc2nc(Nc3ncccn3)nc3nc[nH]c23)cc(OC)c1OC. The van der Waals surface area contributed by atoms with Crippen LogP contribution in [0.3, 0.4) is 0 Å². The number of aromatic amines is 1. The number of methoxy groups -OCH3 is 3. The van der Waals surface area contributed by atoms with Crippen molar-refractivity contribution < 1.29 is 14.2 Å². The molecule has 0 aliphatic heterocycles. The highest BCUT2D eigenvalue weighted by molar-refractivity contribution is 5.86. The number of imidazole rings is 1. The summed E-state index contributed by atoms with van der Waals surface area (Å²) in [5.41, 5.74) is 1.79. The fourth-order valence-corrected chi connectivity index (χ4v) is 2.73. The van der Waals surface area contributed by atoms with Crippen LogP contribution in [0.15, 0.2) is 36.9 Å². The summed E-state index contributed by atoms with van der Waals surface area (Å²) in [5, 5.41) is 6.21. The van der Waals surface area contributed by atoms with E-state index in [1.807, 2.05) is 0 Å². The number of fused-ring (bicyclic) bond motifs is 1. The molecule has 29 heavy (non-hydrogen) atoms. The van der Waals surface area contributed by atoms with Gasteiger partial charge in [-0.25, -0.2) is 15.0 Å². The number of benzene rings is 1. The number of anilines is 4. The van der Waals surface area contributed by atoms with Crippen molar-refractivity contribution in [2.75, 3.05) is 32.0 Å². The molecule has 0 saturated carbocycles. The summed E-state index contributed by atoms with van der Waals surface area (Å²) in [7, 11) is 4.66. The first-order chi connectivity index (χ1) is 14.2. The molecule has 0 radical (unpaired) electrons. The number of aromatic nitrogens is 6. The number of H-pyrrole nitrogens is 1. The van der Waals surface area contributed by atoms with Gasteiger partial charge in [-0.15, -0.1) is 0 Å². The van der Waals surface area contributed by atoms with Crippen LogP contribution in [0.25, 0.3) is 11.2 Å². The maximum Gasteiger partial charge on any atom is 0.233 e. The number of rotatable bonds is 7. The van der Waals surface area contributed by atoms with Crippen LogP contribution in [0, 0.1) is 0 Å². The van der Waals surface area contributed by atoms with E-state index >= 15 is 0 Å². The van der Waals surface area contributed by atoms with Crippen LogP contribution in [-0.4, -0.2) is 51.2 Å². The lowest BCUT2D eigenvalue weighted by molar-refractivity contribution is 0.324. The maximum atomic E-state index is 5.41. The Balaban J connectivity index is 1.73. The summed E-state index contributed by atoms with van der Waals surface area (Å²) < 4.78 is 16.2. The lowest BCUT2D eigenvalue weighted by Crippen LogP contribution is -2.04. The number of nitrogens with zero attached hydrogens (tertiary/aromatic N) is 5. The third kappa shape index (κ3) is 3.65. The van der Waals surface area contributed by atoms with Crippen molar-refractivity contribution in [1.29, 1.82) is 0 Å². The van der Waals surface area contributed by atoms with Crippen LogP contribution in [0.1, 0.15) is 0 Å². The number of ether oxygens (including phenoxy) is 3. The molecule has 3 N–H and O–H groups in total. The van der Waals surface area contributed by atoms with Crippen molar-refractivity contribution in [3.63, 3.8) is 0 Å². The summed E-state index contributed by atoms with van der Waals surface area (Å²) in [6, 6.07) is 5.28. The van der Waals surface area contributed by atoms with E-state index in [0.29, 0.717) is 51.8 Å². The quantitative estimate of drug-likeness (QED) is 0.430. The molecule has 0 aliphatic rings. The van der Waals surface area contributed by atoms with E-state index in [4.69, 9.17) is 14.2 Å². The Bertz CT molecular complexity index is 1110. The standard InChI is InChI=1S/C18H18N8O3/c1-27-11-7-10(8-12(28-2)14(11)29-3)23-16-13-15(22-9-21-13)24-18(25-16)26-17-19-5-4-6-20-17/h4-9H,1-3H3,(H3,19,20,21,22,23,24,25,26). The van der Waals surface area contributed by atoms with E-state index in [0.717, 1.165) is 0 Å². The molecule has 3 aromatic heterocycles. The molecule has 0 saturated heterocycles. The third-order valence-electron chi connectivity index (χ3n) is 4.00. The molecule has 0 spiro atoms. The van der Waals surface area contributed by atoms with Gasteiger partial charge >= 0.3 is 0 Å². The van der Waals surface area contributed by atoms with Crippen molar-refractivity contribution in [2.45, 2.75) is 0 Å². The van der Waals surface area contributed by atoms with Gasteiger partial charge in [0.2, 0.25) is 17.6 Å². The van der Waals surface area contributed by atoms with Crippen molar-refractivity contribution in [3.05, 3.63) is 36.9 Å².